The third-order valence-corrected chi connectivity index (χ3v) is 21.6. The molecule has 0 saturated heterocycles. The van der Waals surface area contributed by atoms with Crippen LogP contribution in [0.1, 0.15) is 0 Å². The van der Waals surface area contributed by atoms with E-state index in [1.165, 1.54) is 125 Å². The third kappa shape index (κ3) is 9.00. The highest BCUT2D eigenvalue weighted by Crippen LogP contribution is 2.53. The first-order chi connectivity index (χ1) is 50.6. The second kappa shape index (κ2) is 23.1. The molecular formula is C100H60O2. The molecule has 2 heterocycles. The second-order valence-corrected chi connectivity index (χ2v) is 27.1. The summed E-state index contributed by atoms with van der Waals surface area (Å²) in [5.74, 6) is 0. The summed E-state index contributed by atoms with van der Waals surface area (Å²) in [5, 5.41) is 21.2. The molecule has 0 aliphatic carbocycles. The molecule has 0 spiro atoms. The van der Waals surface area contributed by atoms with E-state index in [1.54, 1.807) is 0 Å². The summed E-state index contributed by atoms with van der Waals surface area (Å²) in [7, 11) is 0. The van der Waals surface area contributed by atoms with Crippen LogP contribution in [0.3, 0.4) is 0 Å². The van der Waals surface area contributed by atoms with Crippen molar-refractivity contribution in [1.82, 2.24) is 0 Å². The van der Waals surface area contributed by atoms with Gasteiger partial charge in [0.15, 0.2) is 0 Å². The van der Waals surface area contributed by atoms with Gasteiger partial charge in [-0.2, -0.15) is 0 Å². The van der Waals surface area contributed by atoms with E-state index in [-0.39, 0.29) is 0 Å². The van der Waals surface area contributed by atoms with Crippen molar-refractivity contribution in [2.45, 2.75) is 0 Å². The molecular weight excluding hydrogens is 1230 g/mol. The van der Waals surface area contributed by atoms with Gasteiger partial charge in [0.05, 0.1) is 0 Å². The van der Waals surface area contributed by atoms with Gasteiger partial charge in [-0.15, -0.1) is 0 Å². The Kier molecular flexibility index (Phi) is 13.1. The zero-order valence-corrected chi connectivity index (χ0v) is 55.5. The van der Waals surface area contributed by atoms with Crippen molar-refractivity contribution in [1.29, 1.82) is 0 Å². The summed E-state index contributed by atoms with van der Waals surface area (Å²) in [6, 6.07) is 134. The molecule has 2 heteroatoms. The largest absolute Gasteiger partial charge is 0.456 e. The predicted octanol–water partition coefficient (Wildman–Crippen LogP) is 28.6. The molecule has 0 aliphatic heterocycles. The van der Waals surface area contributed by atoms with Crippen molar-refractivity contribution in [3.8, 4) is 100 Å². The van der Waals surface area contributed by atoms with E-state index in [9.17, 15) is 0 Å². The Balaban J connectivity index is 0.739. The van der Waals surface area contributed by atoms with E-state index in [4.69, 9.17) is 8.83 Å². The van der Waals surface area contributed by atoms with Crippen LogP contribution in [-0.2, 0) is 0 Å². The van der Waals surface area contributed by atoms with Crippen molar-refractivity contribution in [3.63, 3.8) is 0 Å². The predicted molar refractivity (Wildman–Crippen MR) is 432 cm³/mol. The lowest BCUT2D eigenvalue weighted by atomic mass is 9.81. The molecule has 0 unspecified atom stereocenters. The van der Waals surface area contributed by atoms with E-state index < -0.39 is 0 Å². The number of rotatable bonds is 9. The van der Waals surface area contributed by atoms with Crippen molar-refractivity contribution in [2.75, 3.05) is 0 Å². The summed E-state index contributed by atoms with van der Waals surface area (Å²) < 4.78 is 14.0. The molecule has 2 nitrogen and oxygen atoms in total. The minimum absolute atomic E-state index is 0.855. The maximum absolute atomic E-state index is 7.08. The smallest absolute Gasteiger partial charge is 0.143 e. The number of hydrogen-bond acceptors (Lipinski definition) is 2. The lowest BCUT2D eigenvalue weighted by molar-refractivity contribution is 0.669. The second-order valence-electron chi connectivity index (χ2n) is 27.1. The van der Waals surface area contributed by atoms with E-state index >= 15 is 0 Å². The molecule has 19 aromatic carbocycles. The molecule has 0 N–H and O–H groups in total. The molecule has 0 radical (unpaired) electrons. The lowest BCUT2D eigenvalue weighted by Crippen LogP contribution is -1.95. The van der Waals surface area contributed by atoms with Crippen LogP contribution >= 0.6 is 0 Å². The average molecular weight is 1290 g/mol. The quantitative estimate of drug-likeness (QED) is 0.106. The van der Waals surface area contributed by atoms with E-state index in [2.05, 4.69) is 364 Å². The summed E-state index contributed by atoms with van der Waals surface area (Å²) in [6.07, 6.45) is 0. The Morgan fingerprint density at radius 3 is 1.30 bits per heavy atom. The number of para-hydroxylation sites is 2. The highest BCUT2D eigenvalue weighted by atomic mass is 16.3. The molecule has 102 heavy (non-hydrogen) atoms. The Morgan fingerprint density at radius 2 is 0.598 bits per heavy atom. The molecule has 0 amide bonds. The molecule has 0 bridgehead atoms. The molecule has 0 saturated carbocycles. The summed E-state index contributed by atoms with van der Waals surface area (Å²) in [5.41, 5.74) is 24.4. The molecule has 2 aromatic heterocycles. The summed E-state index contributed by atoms with van der Waals surface area (Å²) >= 11 is 0. The normalized spacial score (nSPS) is 11.9. The summed E-state index contributed by atoms with van der Waals surface area (Å²) in [4.78, 5) is 0. The number of hydrogen-bond donors (Lipinski definition) is 0. The van der Waals surface area contributed by atoms with Gasteiger partial charge in [0, 0.05) is 27.1 Å². The van der Waals surface area contributed by atoms with Crippen molar-refractivity contribution < 1.29 is 8.83 Å². The topological polar surface area (TPSA) is 26.3 Å². The van der Waals surface area contributed by atoms with Gasteiger partial charge in [-0.3, -0.25) is 0 Å². The molecule has 472 valence electrons. The Hall–Kier alpha value is -13.4. The van der Waals surface area contributed by atoms with Gasteiger partial charge in [-0.25, -0.2) is 0 Å². The molecule has 21 aromatic rings. The van der Waals surface area contributed by atoms with Crippen LogP contribution in [0, 0.1) is 0 Å². The van der Waals surface area contributed by atoms with Gasteiger partial charge in [0.25, 0.3) is 0 Å². The van der Waals surface area contributed by atoms with Gasteiger partial charge >= 0.3 is 0 Å². The Morgan fingerprint density at radius 1 is 0.147 bits per heavy atom. The van der Waals surface area contributed by atoms with E-state index in [0.29, 0.717) is 0 Å². The van der Waals surface area contributed by atoms with Crippen LogP contribution in [0.25, 0.3) is 219 Å². The SMILES string of the molecule is c1ccc(-c2ccccc2-c2c3ccccc3c(-c3ccc4oc5c(-c6cccc(-c7ccc(-c8c9ccccc9c(-c9cc(-c%10cccc%11ccccc%10%11)cc%10oc%11ccccc%11c9%10)c9ccccc89)c(-c8cc9ccccc9c9ccccc89)c7)c6)cccc5c4c3)c3ccccc23)cc1. The maximum Gasteiger partial charge on any atom is 0.143 e. The van der Waals surface area contributed by atoms with Crippen molar-refractivity contribution >= 4 is 119 Å². The lowest BCUT2D eigenvalue weighted by Gasteiger charge is -2.22. The highest BCUT2D eigenvalue weighted by molar-refractivity contribution is 6.29. The van der Waals surface area contributed by atoms with Gasteiger partial charge < -0.3 is 8.83 Å². The molecule has 0 aliphatic rings. The fraction of sp³-hybridized carbons (Fsp3) is 0. The molecule has 0 fully saturated rings. The van der Waals surface area contributed by atoms with Gasteiger partial charge in [-0.05, 0) is 219 Å². The fourth-order valence-corrected chi connectivity index (χ4v) is 17.2. The number of benzene rings is 19. The monoisotopic (exact) mass is 1290 g/mol. The average Bonchev–Trinajstić information content (AvgIpc) is 1.15. The van der Waals surface area contributed by atoms with E-state index in [1.807, 2.05) is 0 Å². The molecule has 0 atom stereocenters. The molecule has 21 rings (SSSR count). The van der Waals surface area contributed by atoms with Gasteiger partial charge in [0.1, 0.15) is 22.3 Å². The van der Waals surface area contributed by atoms with Crippen LogP contribution in [-0.4, -0.2) is 0 Å². The van der Waals surface area contributed by atoms with Crippen LogP contribution in [0.4, 0.5) is 0 Å². The minimum Gasteiger partial charge on any atom is -0.456 e. The first kappa shape index (κ1) is 57.6. The Bertz CT molecular complexity index is 6940. The number of furan rings is 2. The number of fused-ring (bicyclic) bond motifs is 14. The minimum atomic E-state index is 0.855. The Labute approximate surface area is 588 Å². The van der Waals surface area contributed by atoms with Crippen LogP contribution in [0.15, 0.2) is 373 Å². The first-order valence-corrected chi connectivity index (χ1v) is 35.2. The van der Waals surface area contributed by atoms with Gasteiger partial charge in [0.2, 0.25) is 0 Å². The standard InChI is InChI=1S/C100H60O2/c1-2-25-61(26-3-1)70-33-8-11-37-76(70)96-79-40-14-12-38-77(79)95(78-39-13-15-41-80(78)96)67-52-54-93-90(58-67)86-49-24-48-73(100(86)102-93)65-31-22-30-63(55-65)64-51-53-85(89(56-64)88-57-66-28-5-7-34-71(66)74-35-9-10-36-75(74)88)97-81-42-16-18-44-83(81)98(84-45-19-17-43-82(84)97)91-59-68(72-47-23-29-62-27-4-6-32-69(62)72)60-94-99(91)87-46-20-21-50-92(87)101-94/h1-60H. The van der Waals surface area contributed by atoms with Gasteiger partial charge in [-0.1, -0.05) is 315 Å². The third-order valence-electron chi connectivity index (χ3n) is 21.6. The van der Waals surface area contributed by atoms with Crippen molar-refractivity contribution in [3.05, 3.63) is 364 Å². The zero-order valence-electron chi connectivity index (χ0n) is 55.5. The fourth-order valence-electron chi connectivity index (χ4n) is 17.2. The van der Waals surface area contributed by atoms with Crippen molar-refractivity contribution in [2.24, 2.45) is 0 Å². The van der Waals surface area contributed by atoms with E-state index in [0.717, 1.165) is 93.9 Å². The first-order valence-electron chi connectivity index (χ1n) is 35.2. The maximum atomic E-state index is 7.08. The highest BCUT2D eigenvalue weighted by Gasteiger charge is 2.26. The van der Waals surface area contributed by atoms with Crippen LogP contribution in [0.2, 0.25) is 0 Å². The summed E-state index contributed by atoms with van der Waals surface area (Å²) in [6.45, 7) is 0. The van der Waals surface area contributed by atoms with Crippen LogP contribution in [0.5, 0.6) is 0 Å². The zero-order chi connectivity index (χ0) is 66.9. The van der Waals surface area contributed by atoms with Crippen LogP contribution < -0.4 is 0 Å².